The van der Waals surface area contributed by atoms with Crippen molar-refractivity contribution < 1.29 is 13.2 Å². The average Bonchev–Trinajstić information content (AvgIpc) is 2.17. The van der Waals surface area contributed by atoms with Crippen LogP contribution in [0.5, 0.6) is 0 Å². The molecular formula is C11H14F3N. The van der Waals surface area contributed by atoms with E-state index in [-0.39, 0.29) is 5.92 Å². The molecule has 1 aromatic carbocycles. The summed E-state index contributed by atoms with van der Waals surface area (Å²) in [6.07, 6.45) is -4.25. The topological polar surface area (TPSA) is 12.0 Å². The Morgan fingerprint density at radius 3 is 2.13 bits per heavy atom. The molecule has 0 aliphatic heterocycles. The number of likely N-dealkylation sites (N-methyl/N-ethyl adjacent to an activating group) is 1. The second-order valence-electron chi connectivity index (χ2n) is 3.58. The second-order valence-corrected chi connectivity index (χ2v) is 3.58. The first kappa shape index (κ1) is 12.0. The summed E-state index contributed by atoms with van der Waals surface area (Å²) in [5.74, 6) is 0.220. The molecule has 1 N–H and O–H groups in total. The van der Waals surface area contributed by atoms with Gasteiger partial charge in [0.25, 0.3) is 0 Å². The quantitative estimate of drug-likeness (QED) is 0.820. The first-order valence-corrected chi connectivity index (χ1v) is 4.77. The number of nitrogens with one attached hydrogen (secondary N) is 1. The van der Waals surface area contributed by atoms with Gasteiger partial charge in [-0.15, -0.1) is 0 Å². The van der Waals surface area contributed by atoms with Crippen molar-refractivity contribution in [1.29, 1.82) is 0 Å². The summed E-state index contributed by atoms with van der Waals surface area (Å²) in [5, 5.41) is 2.99. The molecule has 1 unspecified atom stereocenters. The number of hydrogen-bond acceptors (Lipinski definition) is 1. The van der Waals surface area contributed by atoms with Gasteiger partial charge in [-0.1, -0.05) is 19.1 Å². The van der Waals surface area contributed by atoms with Crippen LogP contribution in [0, 0.1) is 0 Å². The van der Waals surface area contributed by atoms with Gasteiger partial charge in [-0.25, -0.2) is 0 Å². The smallest absolute Gasteiger partial charge is 0.319 e. The normalized spacial score (nSPS) is 13.9. The lowest BCUT2D eigenvalue weighted by Crippen LogP contribution is -2.15. The van der Waals surface area contributed by atoms with Gasteiger partial charge in [0, 0.05) is 6.54 Å². The van der Waals surface area contributed by atoms with Crippen molar-refractivity contribution in [3.05, 3.63) is 35.4 Å². The van der Waals surface area contributed by atoms with Crippen molar-refractivity contribution in [2.45, 2.75) is 19.0 Å². The zero-order valence-corrected chi connectivity index (χ0v) is 8.73. The highest BCUT2D eigenvalue weighted by Gasteiger charge is 2.30. The van der Waals surface area contributed by atoms with Crippen LogP contribution < -0.4 is 5.32 Å². The van der Waals surface area contributed by atoms with Gasteiger partial charge in [0.1, 0.15) is 0 Å². The van der Waals surface area contributed by atoms with Gasteiger partial charge in [0.2, 0.25) is 0 Å². The molecular weight excluding hydrogens is 203 g/mol. The van der Waals surface area contributed by atoms with E-state index in [1.54, 1.807) is 0 Å². The van der Waals surface area contributed by atoms with Crippen molar-refractivity contribution in [3.63, 3.8) is 0 Å². The summed E-state index contributed by atoms with van der Waals surface area (Å²) in [6, 6.07) is 5.32. The van der Waals surface area contributed by atoms with E-state index in [1.165, 1.54) is 12.1 Å². The van der Waals surface area contributed by atoms with Crippen molar-refractivity contribution in [2.24, 2.45) is 0 Å². The summed E-state index contributed by atoms with van der Waals surface area (Å²) in [7, 11) is 1.82. The van der Waals surface area contributed by atoms with Crippen molar-refractivity contribution in [2.75, 3.05) is 13.6 Å². The monoisotopic (exact) mass is 217 g/mol. The van der Waals surface area contributed by atoms with Gasteiger partial charge in [-0.2, -0.15) is 13.2 Å². The Labute approximate surface area is 87.3 Å². The molecule has 0 bridgehead atoms. The highest BCUT2D eigenvalue weighted by molar-refractivity contribution is 5.26. The standard InChI is InChI=1S/C11H14F3N/c1-8(7-15-2)9-3-5-10(6-4-9)11(12,13)14/h3-6,8,15H,7H2,1-2H3. The van der Waals surface area contributed by atoms with E-state index in [4.69, 9.17) is 0 Å². The van der Waals surface area contributed by atoms with Crippen LogP contribution in [0.1, 0.15) is 24.0 Å². The Balaban J connectivity index is 2.81. The minimum atomic E-state index is -4.25. The van der Waals surface area contributed by atoms with E-state index in [9.17, 15) is 13.2 Å². The minimum Gasteiger partial charge on any atom is -0.319 e. The molecule has 0 saturated carbocycles. The molecule has 1 nitrogen and oxygen atoms in total. The molecule has 0 aliphatic carbocycles. The third kappa shape index (κ3) is 3.23. The van der Waals surface area contributed by atoms with E-state index in [0.717, 1.165) is 24.2 Å². The second kappa shape index (κ2) is 4.66. The molecule has 1 rings (SSSR count). The Morgan fingerprint density at radius 2 is 1.73 bits per heavy atom. The maximum absolute atomic E-state index is 12.3. The van der Waals surface area contributed by atoms with Gasteiger partial charge >= 0.3 is 6.18 Å². The minimum absolute atomic E-state index is 0.220. The Kier molecular flexibility index (Phi) is 3.74. The molecule has 0 saturated heterocycles. The molecule has 0 aromatic heterocycles. The molecule has 0 aliphatic rings. The molecule has 0 heterocycles. The van der Waals surface area contributed by atoms with E-state index >= 15 is 0 Å². The molecule has 0 radical (unpaired) electrons. The Bertz CT molecular complexity index is 303. The van der Waals surface area contributed by atoms with Crippen molar-refractivity contribution in [1.82, 2.24) is 5.32 Å². The fourth-order valence-corrected chi connectivity index (χ4v) is 1.42. The van der Waals surface area contributed by atoms with Crippen LogP contribution in [-0.4, -0.2) is 13.6 Å². The highest BCUT2D eigenvalue weighted by atomic mass is 19.4. The van der Waals surface area contributed by atoms with Gasteiger partial charge in [-0.3, -0.25) is 0 Å². The van der Waals surface area contributed by atoms with Crippen LogP contribution in [-0.2, 0) is 6.18 Å². The molecule has 0 spiro atoms. The molecule has 84 valence electrons. The van der Waals surface area contributed by atoms with Gasteiger partial charge < -0.3 is 5.32 Å². The number of hydrogen-bond donors (Lipinski definition) is 1. The first-order valence-electron chi connectivity index (χ1n) is 4.77. The summed E-state index contributed by atoms with van der Waals surface area (Å²) in [4.78, 5) is 0. The zero-order valence-electron chi connectivity index (χ0n) is 8.73. The zero-order chi connectivity index (χ0) is 11.5. The largest absolute Gasteiger partial charge is 0.416 e. The fraction of sp³-hybridized carbons (Fsp3) is 0.455. The number of halogens is 3. The van der Waals surface area contributed by atoms with Crippen LogP contribution in [0.15, 0.2) is 24.3 Å². The predicted octanol–water partition coefficient (Wildman–Crippen LogP) is 3.03. The van der Waals surface area contributed by atoms with E-state index in [2.05, 4.69) is 5.32 Å². The third-order valence-corrected chi connectivity index (χ3v) is 2.32. The van der Waals surface area contributed by atoms with Crippen molar-refractivity contribution in [3.8, 4) is 0 Å². The number of alkyl halides is 3. The SMILES string of the molecule is CNCC(C)c1ccc(C(F)(F)F)cc1. The summed E-state index contributed by atoms with van der Waals surface area (Å²) in [6.45, 7) is 2.73. The lowest BCUT2D eigenvalue weighted by atomic mass is 10.00. The maximum atomic E-state index is 12.3. The molecule has 0 amide bonds. The average molecular weight is 217 g/mol. The van der Waals surface area contributed by atoms with Crippen LogP contribution in [0.2, 0.25) is 0 Å². The molecule has 0 fully saturated rings. The van der Waals surface area contributed by atoms with Crippen LogP contribution in [0.25, 0.3) is 0 Å². The van der Waals surface area contributed by atoms with E-state index in [1.807, 2.05) is 14.0 Å². The fourth-order valence-electron chi connectivity index (χ4n) is 1.42. The van der Waals surface area contributed by atoms with Gasteiger partial charge in [-0.05, 0) is 30.7 Å². The van der Waals surface area contributed by atoms with Gasteiger partial charge in [0.05, 0.1) is 5.56 Å². The Morgan fingerprint density at radius 1 is 1.20 bits per heavy atom. The lowest BCUT2D eigenvalue weighted by molar-refractivity contribution is -0.137. The Hall–Kier alpha value is -1.03. The molecule has 4 heteroatoms. The highest BCUT2D eigenvalue weighted by Crippen LogP contribution is 2.29. The summed E-state index contributed by atoms with van der Waals surface area (Å²) >= 11 is 0. The number of rotatable bonds is 3. The van der Waals surface area contributed by atoms with E-state index < -0.39 is 11.7 Å². The summed E-state index contributed by atoms with van der Waals surface area (Å²) in [5.41, 5.74) is 0.320. The third-order valence-electron chi connectivity index (χ3n) is 2.32. The van der Waals surface area contributed by atoms with Crippen LogP contribution in [0.3, 0.4) is 0 Å². The summed E-state index contributed by atoms with van der Waals surface area (Å²) < 4.78 is 36.8. The van der Waals surface area contributed by atoms with Crippen LogP contribution in [0.4, 0.5) is 13.2 Å². The van der Waals surface area contributed by atoms with Crippen molar-refractivity contribution >= 4 is 0 Å². The lowest BCUT2D eigenvalue weighted by Gasteiger charge is -2.12. The molecule has 1 aromatic rings. The molecule has 1 atom stereocenters. The van der Waals surface area contributed by atoms with Gasteiger partial charge in [0.15, 0.2) is 0 Å². The first-order chi connectivity index (χ1) is 6.95. The maximum Gasteiger partial charge on any atom is 0.416 e. The predicted molar refractivity (Wildman–Crippen MR) is 53.8 cm³/mol. The van der Waals surface area contributed by atoms with Crippen LogP contribution >= 0.6 is 0 Å². The number of benzene rings is 1. The van der Waals surface area contributed by atoms with E-state index in [0.29, 0.717) is 0 Å². The molecule has 15 heavy (non-hydrogen) atoms.